The van der Waals surface area contributed by atoms with Gasteiger partial charge in [0.05, 0.1) is 17.1 Å². The number of thiazole rings is 1. The average Bonchev–Trinajstić information content (AvgIpc) is 3.21. The summed E-state index contributed by atoms with van der Waals surface area (Å²) in [5, 5.41) is 2.30. The quantitative estimate of drug-likeness (QED) is 0.560. The summed E-state index contributed by atoms with van der Waals surface area (Å²) in [6, 6.07) is 14.2. The Morgan fingerprint density at radius 3 is 2.73 bits per heavy atom. The number of hydrogen-bond acceptors (Lipinski definition) is 4. The van der Waals surface area contributed by atoms with Gasteiger partial charge in [-0.2, -0.15) is 0 Å². The van der Waals surface area contributed by atoms with Crippen molar-refractivity contribution in [1.82, 2.24) is 4.98 Å². The number of fused-ring (bicyclic) bond motifs is 1. The Bertz CT molecular complexity index is 1110. The molecule has 0 atom stereocenters. The van der Waals surface area contributed by atoms with E-state index in [2.05, 4.69) is 4.98 Å². The number of hydrogen-bond donors (Lipinski definition) is 0. The molecule has 0 spiro atoms. The van der Waals surface area contributed by atoms with Crippen LogP contribution >= 0.6 is 11.3 Å². The number of anilines is 3. The van der Waals surface area contributed by atoms with Gasteiger partial charge in [0.25, 0.3) is 5.91 Å². The van der Waals surface area contributed by atoms with Crippen molar-refractivity contribution < 1.29 is 14.0 Å². The lowest BCUT2D eigenvalue weighted by molar-refractivity contribution is -0.116. The molecular weight excluding hydrogens is 401 g/mol. The lowest BCUT2D eigenvalue weighted by atomic mass is 10.0. The molecule has 4 rings (SSSR count). The SMILES string of the molecule is CC(=O)N(c1ccccc1)c1nc(/C=C/C(=O)N2CCCc3cccc(F)c32)cs1. The van der Waals surface area contributed by atoms with Gasteiger partial charge in [-0.15, -0.1) is 11.3 Å². The van der Waals surface area contributed by atoms with Crippen LogP contribution in [0.3, 0.4) is 0 Å². The summed E-state index contributed by atoms with van der Waals surface area (Å²) in [5.74, 6) is -0.825. The van der Waals surface area contributed by atoms with Crippen LogP contribution in [0.2, 0.25) is 0 Å². The Morgan fingerprint density at radius 1 is 1.17 bits per heavy atom. The van der Waals surface area contributed by atoms with E-state index in [1.165, 1.54) is 40.2 Å². The summed E-state index contributed by atoms with van der Waals surface area (Å²) in [7, 11) is 0. The molecule has 1 aliphatic rings. The fourth-order valence-electron chi connectivity index (χ4n) is 3.53. The van der Waals surface area contributed by atoms with Crippen LogP contribution in [0.1, 0.15) is 24.6 Å². The summed E-state index contributed by atoms with van der Waals surface area (Å²) >= 11 is 1.32. The average molecular weight is 421 g/mol. The van der Waals surface area contributed by atoms with Gasteiger partial charge in [-0.1, -0.05) is 30.3 Å². The fraction of sp³-hybridized carbons (Fsp3) is 0.174. The Kier molecular flexibility index (Phi) is 5.72. The summed E-state index contributed by atoms with van der Waals surface area (Å²) in [4.78, 5) is 32.4. The molecule has 0 unspecified atom stereocenters. The van der Waals surface area contributed by atoms with E-state index in [1.807, 2.05) is 36.4 Å². The minimum absolute atomic E-state index is 0.150. The summed E-state index contributed by atoms with van der Waals surface area (Å²) in [6.07, 6.45) is 4.56. The van der Waals surface area contributed by atoms with Crippen LogP contribution in [0, 0.1) is 5.82 Å². The van der Waals surface area contributed by atoms with Gasteiger partial charge in [-0.3, -0.25) is 14.5 Å². The number of aromatic nitrogens is 1. The topological polar surface area (TPSA) is 53.5 Å². The van der Waals surface area contributed by atoms with E-state index < -0.39 is 0 Å². The molecule has 2 heterocycles. The number of halogens is 1. The van der Waals surface area contributed by atoms with Crippen molar-refractivity contribution in [3.63, 3.8) is 0 Å². The summed E-state index contributed by atoms with van der Waals surface area (Å²) in [5.41, 5.74) is 2.51. The normalized spacial score (nSPS) is 13.3. The van der Waals surface area contributed by atoms with Crippen LogP contribution in [-0.4, -0.2) is 23.3 Å². The van der Waals surface area contributed by atoms with Gasteiger partial charge in [-0.05, 0) is 42.7 Å². The van der Waals surface area contributed by atoms with Crippen molar-refractivity contribution in [2.75, 3.05) is 16.3 Å². The molecule has 1 aliphatic heterocycles. The third-order valence-corrected chi connectivity index (χ3v) is 5.71. The lowest BCUT2D eigenvalue weighted by Crippen LogP contribution is -2.35. The van der Waals surface area contributed by atoms with Gasteiger partial charge in [-0.25, -0.2) is 9.37 Å². The van der Waals surface area contributed by atoms with E-state index in [9.17, 15) is 14.0 Å². The molecule has 1 aromatic heterocycles. The second-order valence-corrected chi connectivity index (χ2v) is 7.76. The van der Waals surface area contributed by atoms with Crippen molar-refractivity contribution in [2.24, 2.45) is 0 Å². The summed E-state index contributed by atoms with van der Waals surface area (Å²) < 4.78 is 14.3. The molecule has 0 aliphatic carbocycles. The fourth-order valence-corrected chi connectivity index (χ4v) is 4.38. The molecule has 0 N–H and O–H groups in total. The Hall–Kier alpha value is -3.32. The molecular formula is C23H20FN3O2S. The van der Waals surface area contributed by atoms with E-state index in [1.54, 1.807) is 17.5 Å². The van der Waals surface area contributed by atoms with Crippen molar-refractivity contribution in [2.45, 2.75) is 19.8 Å². The minimum Gasteiger partial charge on any atom is -0.306 e. The van der Waals surface area contributed by atoms with E-state index >= 15 is 0 Å². The highest BCUT2D eigenvalue weighted by molar-refractivity contribution is 7.14. The molecule has 3 aromatic rings. The molecule has 152 valence electrons. The summed E-state index contributed by atoms with van der Waals surface area (Å²) in [6.45, 7) is 1.96. The van der Waals surface area contributed by atoms with Crippen LogP contribution < -0.4 is 9.80 Å². The van der Waals surface area contributed by atoms with Gasteiger partial charge in [0, 0.05) is 24.9 Å². The van der Waals surface area contributed by atoms with Crippen LogP contribution in [0.25, 0.3) is 6.08 Å². The molecule has 0 saturated heterocycles. The number of carbonyl (C=O) groups excluding carboxylic acids is 2. The lowest BCUT2D eigenvalue weighted by Gasteiger charge is -2.28. The number of aryl methyl sites for hydroxylation is 1. The first kappa shape index (κ1) is 20.0. The van der Waals surface area contributed by atoms with Crippen molar-refractivity contribution >= 4 is 45.7 Å². The number of carbonyl (C=O) groups is 2. The first-order chi connectivity index (χ1) is 14.5. The first-order valence-electron chi connectivity index (χ1n) is 9.63. The zero-order valence-corrected chi connectivity index (χ0v) is 17.2. The third kappa shape index (κ3) is 4.02. The zero-order chi connectivity index (χ0) is 21.1. The van der Waals surface area contributed by atoms with E-state index in [0.29, 0.717) is 23.1 Å². The molecule has 0 saturated carbocycles. The van der Waals surface area contributed by atoms with E-state index in [-0.39, 0.29) is 17.6 Å². The zero-order valence-electron chi connectivity index (χ0n) is 16.4. The highest BCUT2D eigenvalue weighted by Crippen LogP contribution is 2.31. The molecule has 2 amide bonds. The minimum atomic E-state index is -0.384. The Labute approximate surface area is 178 Å². The molecule has 7 heteroatoms. The molecule has 2 aromatic carbocycles. The first-order valence-corrected chi connectivity index (χ1v) is 10.5. The van der Waals surface area contributed by atoms with Gasteiger partial charge >= 0.3 is 0 Å². The van der Waals surface area contributed by atoms with Crippen LogP contribution in [0.4, 0.5) is 20.9 Å². The van der Waals surface area contributed by atoms with Crippen molar-refractivity contribution in [3.05, 3.63) is 77.1 Å². The van der Waals surface area contributed by atoms with Crippen LogP contribution in [-0.2, 0) is 16.0 Å². The predicted molar refractivity (Wildman–Crippen MR) is 117 cm³/mol. The third-order valence-electron chi connectivity index (χ3n) is 4.86. The number of nitrogens with zero attached hydrogens (tertiary/aromatic N) is 3. The molecule has 5 nitrogen and oxygen atoms in total. The standard InChI is InChI=1S/C23H20FN3O2S/c1-16(28)27(19-9-3-2-4-10-19)23-25-18(15-30-23)12-13-21(29)26-14-6-8-17-7-5-11-20(24)22(17)26/h2-5,7,9-13,15H,6,8,14H2,1H3/b13-12+. The van der Waals surface area contributed by atoms with Gasteiger partial charge in [0.1, 0.15) is 5.82 Å². The second-order valence-electron chi connectivity index (χ2n) is 6.92. The van der Waals surface area contributed by atoms with Crippen molar-refractivity contribution in [3.8, 4) is 0 Å². The maximum atomic E-state index is 14.3. The number of rotatable bonds is 4. The van der Waals surface area contributed by atoms with Crippen molar-refractivity contribution in [1.29, 1.82) is 0 Å². The predicted octanol–water partition coefficient (Wildman–Crippen LogP) is 4.96. The maximum absolute atomic E-state index is 14.3. The molecule has 30 heavy (non-hydrogen) atoms. The largest absolute Gasteiger partial charge is 0.306 e. The number of benzene rings is 2. The van der Waals surface area contributed by atoms with Crippen LogP contribution in [0.15, 0.2) is 60.0 Å². The Balaban J connectivity index is 1.55. The van der Waals surface area contributed by atoms with E-state index in [4.69, 9.17) is 0 Å². The highest BCUT2D eigenvalue weighted by Gasteiger charge is 2.24. The van der Waals surface area contributed by atoms with E-state index in [0.717, 1.165) is 24.1 Å². The number of amides is 2. The van der Waals surface area contributed by atoms with Crippen LogP contribution in [0.5, 0.6) is 0 Å². The number of para-hydroxylation sites is 2. The monoisotopic (exact) mass is 421 g/mol. The molecule has 0 fully saturated rings. The molecule has 0 bridgehead atoms. The van der Waals surface area contributed by atoms with Gasteiger partial charge < -0.3 is 4.90 Å². The van der Waals surface area contributed by atoms with Gasteiger partial charge in [0.15, 0.2) is 5.13 Å². The molecule has 0 radical (unpaired) electrons. The van der Waals surface area contributed by atoms with Gasteiger partial charge in [0.2, 0.25) is 5.91 Å². The second kappa shape index (κ2) is 8.59. The smallest absolute Gasteiger partial charge is 0.251 e. The highest BCUT2D eigenvalue weighted by atomic mass is 32.1. The Morgan fingerprint density at radius 2 is 1.97 bits per heavy atom. The maximum Gasteiger partial charge on any atom is 0.251 e.